The first kappa shape index (κ1) is 42.2. The zero-order valence-electron chi connectivity index (χ0n) is 35.4. The minimum absolute atomic E-state index is 0.00613. The third kappa shape index (κ3) is 8.10. The molecule has 0 radical (unpaired) electrons. The lowest BCUT2D eigenvalue weighted by atomic mass is 9.82. The van der Waals surface area contributed by atoms with Crippen molar-refractivity contribution in [2.75, 3.05) is 0 Å². The summed E-state index contributed by atoms with van der Waals surface area (Å²) in [5.74, 6) is 0.613. The van der Waals surface area contributed by atoms with Gasteiger partial charge in [0, 0.05) is 19.6 Å². The van der Waals surface area contributed by atoms with E-state index in [0.717, 1.165) is 63.8 Å². The number of benzene rings is 3. The van der Waals surface area contributed by atoms with Crippen LogP contribution in [0, 0.1) is 41.5 Å². The first-order valence-corrected chi connectivity index (χ1v) is 19.1. The smallest absolute Gasteiger partial charge is 0.336 e. The van der Waals surface area contributed by atoms with Gasteiger partial charge in [-0.1, -0.05) is 80.5 Å². The number of phenolic OH excluding ortho intramolecular Hbond substituents is 3. The van der Waals surface area contributed by atoms with Crippen LogP contribution in [0.25, 0.3) is 0 Å². The Morgan fingerprint density at radius 3 is 0.815 bits per heavy atom. The van der Waals surface area contributed by atoms with Crippen molar-refractivity contribution in [3.63, 3.8) is 0 Å². The van der Waals surface area contributed by atoms with Gasteiger partial charge in [-0.15, -0.1) is 0 Å². The number of aromatic nitrogens is 3. The van der Waals surface area contributed by atoms with Gasteiger partial charge in [0.2, 0.25) is 0 Å². The molecule has 9 nitrogen and oxygen atoms in total. The standard InChI is InChI=1S/C45H63N3O6/c1-25-22-34(43(7,8)9)37(49)28(4)31(25)16-19-46-40(52)47(20-17-32-26(2)23-35(44(10,11)12)38(50)29(32)5)42(54)48(41(46)53)21-18-33-27(3)24-36(45(13,14)15)39(51)30(33)6/h22-24,49-51H,16-21H2,1-15H3. The van der Waals surface area contributed by atoms with E-state index < -0.39 is 17.1 Å². The van der Waals surface area contributed by atoms with Crippen LogP contribution in [0.2, 0.25) is 0 Å². The molecule has 0 bridgehead atoms. The fourth-order valence-corrected chi connectivity index (χ4v) is 7.83. The normalized spacial score (nSPS) is 12.5. The molecular weight excluding hydrogens is 679 g/mol. The molecule has 0 unspecified atom stereocenters. The Labute approximate surface area is 321 Å². The van der Waals surface area contributed by atoms with E-state index in [1.807, 2.05) is 122 Å². The van der Waals surface area contributed by atoms with Crippen LogP contribution < -0.4 is 17.1 Å². The van der Waals surface area contributed by atoms with Crippen LogP contribution in [0.5, 0.6) is 17.2 Å². The van der Waals surface area contributed by atoms with E-state index in [1.54, 1.807) is 0 Å². The molecule has 4 aromatic rings. The summed E-state index contributed by atoms with van der Waals surface area (Å²) >= 11 is 0. The Morgan fingerprint density at radius 1 is 0.426 bits per heavy atom. The molecule has 54 heavy (non-hydrogen) atoms. The lowest BCUT2D eigenvalue weighted by Gasteiger charge is -2.25. The maximum atomic E-state index is 14.2. The van der Waals surface area contributed by atoms with E-state index in [9.17, 15) is 29.7 Å². The Morgan fingerprint density at radius 2 is 0.630 bits per heavy atom. The van der Waals surface area contributed by atoms with Gasteiger partial charge in [0.05, 0.1) is 0 Å². The van der Waals surface area contributed by atoms with Crippen LogP contribution >= 0.6 is 0 Å². The van der Waals surface area contributed by atoms with Gasteiger partial charge in [-0.2, -0.15) is 0 Å². The van der Waals surface area contributed by atoms with E-state index >= 15 is 0 Å². The second kappa shape index (κ2) is 15.0. The Balaban J connectivity index is 1.84. The summed E-state index contributed by atoms with van der Waals surface area (Å²) in [5.41, 5.74) is 7.05. The van der Waals surface area contributed by atoms with E-state index in [4.69, 9.17) is 0 Å². The predicted molar refractivity (Wildman–Crippen MR) is 219 cm³/mol. The average Bonchev–Trinajstić information content (AvgIpc) is 3.04. The van der Waals surface area contributed by atoms with E-state index in [1.165, 1.54) is 0 Å². The molecule has 0 aliphatic rings. The predicted octanol–water partition coefficient (Wildman–Crippen LogP) is 7.76. The van der Waals surface area contributed by atoms with Crippen molar-refractivity contribution in [1.29, 1.82) is 0 Å². The first-order chi connectivity index (χ1) is 24.7. The number of aromatic hydroxyl groups is 3. The number of nitrogens with zero attached hydrogens (tertiary/aromatic N) is 3. The van der Waals surface area contributed by atoms with Crippen molar-refractivity contribution < 1.29 is 15.3 Å². The van der Waals surface area contributed by atoms with Crippen LogP contribution in [-0.2, 0) is 55.1 Å². The quantitative estimate of drug-likeness (QED) is 0.161. The molecule has 1 aromatic heterocycles. The maximum absolute atomic E-state index is 14.2. The molecule has 0 saturated carbocycles. The molecule has 0 saturated heterocycles. The fraction of sp³-hybridized carbons (Fsp3) is 0.533. The summed E-state index contributed by atoms with van der Waals surface area (Å²) in [6.07, 6.45) is 0.886. The summed E-state index contributed by atoms with van der Waals surface area (Å²) in [4.78, 5) is 42.6. The Bertz CT molecular complexity index is 2000. The largest absolute Gasteiger partial charge is 0.507 e. The van der Waals surface area contributed by atoms with Crippen molar-refractivity contribution in [3.8, 4) is 17.2 Å². The minimum Gasteiger partial charge on any atom is -0.507 e. The molecule has 0 aliphatic heterocycles. The summed E-state index contributed by atoms with van der Waals surface area (Å²) in [7, 11) is 0. The zero-order valence-corrected chi connectivity index (χ0v) is 35.4. The summed E-state index contributed by atoms with van der Waals surface area (Å²) < 4.78 is 3.40. The summed E-state index contributed by atoms with van der Waals surface area (Å²) in [6.45, 7) is 29.8. The summed E-state index contributed by atoms with van der Waals surface area (Å²) in [5, 5.41) is 33.5. The van der Waals surface area contributed by atoms with Crippen LogP contribution in [0.1, 0.15) is 129 Å². The minimum atomic E-state index is -0.697. The molecule has 9 heteroatoms. The van der Waals surface area contributed by atoms with Gasteiger partial charge in [-0.25, -0.2) is 28.1 Å². The molecular formula is C45H63N3O6. The second-order valence-corrected chi connectivity index (χ2v) is 18.4. The topological polar surface area (TPSA) is 127 Å². The summed E-state index contributed by atoms with van der Waals surface area (Å²) in [6, 6.07) is 5.90. The van der Waals surface area contributed by atoms with Crippen LogP contribution in [0.15, 0.2) is 32.6 Å². The lowest BCUT2D eigenvalue weighted by Crippen LogP contribution is -2.55. The highest BCUT2D eigenvalue weighted by Gasteiger charge is 2.26. The molecule has 0 amide bonds. The van der Waals surface area contributed by atoms with Gasteiger partial charge in [0.1, 0.15) is 17.2 Å². The Hall–Kier alpha value is -4.53. The van der Waals surface area contributed by atoms with Gasteiger partial charge in [0.15, 0.2) is 0 Å². The van der Waals surface area contributed by atoms with Crippen molar-refractivity contribution >= 4 is 0 Å². The fourth-order valence-electron chi connectivity index (χ4n) is 7.83. The van der Waals surface area contributed by atoms with Gasteiger partial charge in [-0.3, -0.25) is 0 Å². The van der Waals surface area contributed by atoms with Crippen LogP contribution in [0.3, 0.4) is 0 Å². The number of aryl methyl sites for hydroxylation is 3. The molecule has 0 fully saturated rings. The Kier molecular flexibility index (Phi) is 11.7. The zero-order chi connectivity index (χ0) is 41.0. The molecule has 3 N–H and O–H groups in total. The van der Waals surface area contributed by atoms with E-state index in [2.05, 4.69) is 0 Å². The van der Waals surface area contributed by atoms with E-state index in [0.29, 0.717) is 36.0 Å². The van der Waals surface area contributed by atoms with Gasteiger partial charge in [0.25, 0.3) is 0 Å². The third-order valence-corrected chi connectivity index (χ3v) is 11.3. The van der Waals surface area contributed by atoms with Crippen LogP contribution in [0.4, 0.5) is 0 Å². The third-order valence-electron chi connectivity index (χ3n) is 11.3. The van der Waals surface area contributed by atoms with Crippen molar-refractivity contribution in [1.82, 2.24) is 13.7 Å². The van der Waals surface area contributed by atoms with E-state index in [-0.39, 0.29) is 53.1 Å². The van der Waals surface area contributed by atoms with Gasteiger partial charge >= 0.3 is 17.1 Å². The van der Waals surface area contributed by atoms with Crippen molar-refractivity contribution in [3.05, 3.63) is 116 Å². The highest BCUT2D eigenvalue weighted by atomic mass is 16.3. The van der Waals surface area contributed by atoms with Gasteiger partial charge in [-0.05, 0) is 144 Å². The average molecular weight is 742 g/mol. The molecule has 0 spiro atoms. The van der Waals surface area contributed by atoms with Crippen LogP contribution in [-0.4, -0.2) is 29.0 Å². The van der Waals surface area contributed by atoms with Crippen molar-refractivity contribution in [2.45, 2.75) is 159 Å². The number of rotatable bonds is 9. The number of phenols is 3. The number of hydrogen-bond donors (Lipinski definition) is 3. The molecule has 4 rings (SSSR count). The first-order valence-electron chi connectivity index (χ1n) is 19.1. The highest BCUT2D eigenvalue weighted by molar-refractivity contribution is 5.53. The highest BCUT2D eigenvalue weighted by Crippen LogP contribution is 2.39. The van der Waals surface area contributed by atoms with Gasteiger partial charge < -0.3 is 15.3 Å². The lowest BCUT2D eigenvalue weighted by molar-refractivity contribution is 0.433. The molecule has 294 valence electrons. The molecule has 0 atom stereocenters. The second-order valence-electron chi connectivity index (χ2n) is 18.4. The van der Waals surface area contributed by atoms with Crippen molar-refractivity contribution in [2.24, 2.45) is 0 Å². The maximum Gasteiger partial charge on any atom is 0.336 e. The monoisotopic (exact) mass is 741 g/mol. The molecule has 0 aliphatic carbocycles. The number of hydrogen-bond acceptors (Lipinski definition) is 6. The molecule has 3 aromatic carbocycles. The SMILES string of the molecule is Cc1cc(C(C)(C)C)c(O)c(C)c1CCn1c(=O)n(CCc2c(C)cc(C(C)(C)C)c(O)c2C)c(=O)n(CCc2c(C)cc(C(C)(C)C)c(O)c2C)c1=O. The molecule has 1 heterocycles.